The molecule has 0 atom stereocenters. The van der Waals surface area contributed by atoms with E-state index in [1.807, 2.05) is 12.1 Å². The van der Waals surface area contributed by atoms with Crippen molar-refractivity contribution >= 4 is 40.4 Å². The smallest absolute Gasteiger partial charge is 0.153 e. The van der Waals surface area contributed by atoms with Crippen molar-refractivity contribution < 1.29 is 9.53 Å². The molecule has 2 aromatic carbocycles. The van der Waals surface area contributed by atoms with Crippen molar-refractivity contribution in [3.8, 4) is 11.5 Å². The molecule has 1 heterocycles. The van der Waals surface area contributed by atoms with E-state index in [9.17, 15) is 4.79 Å². The predicted molar refractivity (Wildman–Crippen MR) is 83.7 cm³/mol. The second-order valence-corrected chi connectivity index (χ2v) is 5.16. The van der Waals surface area contributed by atoms with E-state index in [1.54, 1.807) is 36.5 Å². The van der Waals surface area contributed by atoms with Crippen molar-refractivity contribution in [3.05, 3.63) is 64.3 Å². The zero-order valence-corrected chi connectivity index (χ0v) is 12.2. The van der Waals surface area contributed by atoms with Gasteiger partial charge in [-0.2, -0.15) is 0 Å². The molecule has 0 N–H and O–H groups in total. The molecular formula is C16H9Cl2NO2. The number of aldehydes is 1. The number of ether oxygens (including phenoxy) is 1. The van der Waals surface area contributed by atoms with Crippen LogP contribution in [0.1, 0.15) is 10.4 Å². The summed E-state index contributed by atoms with van der Waals surface area (Å²) in [5.41, 5.74) is 1.09. The monoisotopic (exact) mass is 317 g/mol. The Balaban J connectivity index is 2.04. The van der Waals surface area contributed by atoms with Gasteiger partial charge in [-0.15, -0.1) is 0 Å². The Morgan fingerprint density at radius 2 is 1.90 bits per heavy atom. The Morgan fingerprint density at radius 3 is 2.67 bits per heavy atom. The molecule has 21 heavy (non-hydrogen) atoms. The van der Waals surface area contributed by atoms with Gasteiger partial charge in [0.2, 0.25) is 0 Å². The molecule has 3 rings (SSSR count). The van der Waals surface area contributed by atoms with Gasteiger partial charge in [0, 0.05) is 23.2 Å². The van der Waals surface area contributed by atoms with Gasteiger partial charge in [-0.3, -0.25) is 9.78 Å². The number of fused-ring (bicyclic) bond motifs is 1. The normalized spacial score (nSPS) is 10.6. The third-order valence-corrected chi connectivity index (χ3v) is 3.66. The molecule has 0 spiro atoms. The zero-order chi connectivity index (χ0) is 14.8. The van der Waals surface area contributed by atoms with Crippen molar-refractivity contribution in [1.82, 2.24) is 4.98 Å². The first kappa shape index (κ1) is 13.9. The van der Waals surface area contributed by atoms with Gasteiger partial charge >= 0.3 is 0 Å². The highest BCUT2D eigenvalue weighted by Crippen LogP contribution is 2.33. The van der Waals surface area contributed by atoms with Crippen molar-refractivity contribution in [2.75, 3.05) is 0 Å². The number of carbonyl (C=O) groups excluding carboxylic acids is 1. The number of carbonyl (C=O) groups is 1. The lowest BCUT2D eigenvalue weighted by Gasteiger charge is -2.10. The molecule has 0 aliphatic carbocycles. The van der Waals surface area contributed by atoms with Gasteiger partial charge in [0.15, 0.2) is 12.0 Å². The highest BCUT2D eigenvalue weighted by atomic mass is 35.5. The van der Waals surface area contributed by atoms with Crippen LogP contribution in [-0.4, -0.2) is 11.3 Å². The molecule has 0 bridgehead atoms. The quantitative estimate of drug-likeness (QED) is 0.627. The molecule has 0 aliphatic rings. The zero-order valence-electron chi connectivity index (χ0n) is 10.7. The van der Waals surface area contributed by atoms with Crippen LogP contribution in [0.3, 0.4) is 0 Å². The Kier molecular flexibility index (Phi) is 3.78. The molecule has 1 aromatic heterocycles. The van der Waals surface area contributed by atoms with Crippen LogP contribution in [0, 0.1) is 0 Å². The summed E-state index contributed by atoms with van der Waals surface area (Å²) in [6, 6.07) is 12.1. The lowest BCUT2D eigenvalue weighted by molar-refractivity contribution is 0.112. The molecular weight excluding hydrogens is 309 g/mol. The second kappa shape index (κ2) is 5.72. The summed E-state index contributed by atoms with van der Waals surface area (Å²) < 4.78 is 5.81. The average molecular weight is 318 g/mol. The number of aromatic nitrogens is 1. The standard InChI is InChI=1S/C16H9Cl2NO2/c17-13-5-6-15(16-12(13)2-1-7-19-16)21-11-4-3-10(9-20)14(18)8-11/h1-9H. The summed E-state index contributed by atoms with van der Waals surface area (Å²) in [4.78, 5) is 15.1. The number of rotatable bonds is 3. The van der Waals surface area contributed by atoms with Crippen molar-refractivity contribution in [2.45, 2.75) is 0 Å². The minimum Gasteiger partial charge on any atom is -0.455 e. The van der Waals surface area contributed by atoms with Crippen LogP contribution in [0.15, 0.2) is 48.7 Å². The highest BCUT2D eigenvalue weighted by Gasteiger charge is 2.09. The lowest BCUT2D eigenvalue weighted by atomic mass is 10.2. The first-order chi connectivity index (χ1) is 10.2. The van der Waals surface area contributed by atoms with Crippen molar-refractivity contribution in [1.29, 1.82) is 0 Å². The highest BCUT2D eigenvalue weighted by molar-refractivity contribution is 6.35. The van der Waals surface area contributed by atoms with Crippen LogP contribution in [0.5, 0.6) is 11.5 Å². The average Bonchev–Trinajstić information content (AvgIpc) is 2.51. The van der Waals surface area contributed by atoms with Crippen molar-refractivity contribution in [3.63, 3.8) is 0 Å². The van der Waals surface area contributed by atoms with Gasteiger partial charge in [0.05, 0.1) is 10.0 Å². The molecule has 5 heteroatoms. The Hall–Kier alpha value is -2.10. The number of nitrogens with zero attached hydrogens (tertiary/aromatic N) is 1. The third-order valence-electron chi connectivity index (χ3n) is 3.01. The summed E-state index contributed by atoms with van der Waals surface area (Å²) in [5, 5.41) is 1.76. The molecule has 0 radical (unpaired) electrons. The summed E-state index contributed by atoms with van der Waals surface area (Å²) in [7, 11) is 0. The summed E-state index contributed by atoms with van der Waals surface area (Å²) >= 11 is 12.1. The minimum atomic E-state index is 0.341. The van der Waals surface area contributed by atoms with E-state index in [-0.39, 0.29) is 0 Å². The van der Waals surface area contributed by atoms with Crippen LogP contribution >= 0.6 is 23.2 Å². The Morgan fingerprint density at radius 1 is 1.05 bits per heavy atom. The summed E-state index contributed by atoms with van der Waals surface area (Å²) in [6.45, 7) is 0. The molecule has 0 saturated carbocycles. The van der Waals surface area contributed by atoms with Gasteiger partial charge in [-0.25, -0.2) is 0 Å². The number of pyridine rings is 1. The van der Waals surface area contributed by atoms with Gasteiger partial charge in [-0.05, 0) is 36.4 Å². The van der Waals surface area contributed by atoms with Gasteiger partial charge in [0.1, 0.15) is 11.3 Å². The van der Waals surface area contributed by atoms with Crippen LogP contribution < -0.4 is 4.74 Å². The van der Waals surface area contributed by atoms with Gasteiger partial charge in [0.25, 0.3) is 0 Å². The topological polar surface area (TPSA) is 39.2 Å². The van der Waals surface area contributed by atoms with Crippen LogP contribution in [0.4, 0.5) is 0 Å². The molecule has 0 amide bonds. The maximum Gasteiger partial charge on any atom is 0.153 e. The van der Waals surface area contributed by atoms with E-state index in [0.29, 0.717) is 38.9 Å². The summed E-state index contributed by atoms with van der Waals surface area (Å²) in [5.74, 6) is 1.10. The van der Waals surface area contributed by atoms with Crippen LogP contribution in [-0.2, 0) is 0 Å². The molecule has 0 fully saturated rings. The number of hydrogen-bond acceptors (Lipinski definition) is 3. The maximum atomic E-state index is 10.8. The molecule has 0 unspecified atom stereocenters. The Labute approximate surface area is 131 Å². The van der Waals surface area contributed by atoms with E-state index >= 15 is 0 Å². The van der Waals surface area contributed by atoms with Gasteiger partial charge in [-0.1, -0.05) is 23.2 Å². The third kappa shape index (κ3) is 2.71. The predicted octanol–water partition coefficient (Wildman–Crippen LogP) is 5.15. The maximum absolute atomic E-state index is 10.8. The fourth-order valence-corrected chi connectivity index (χ4v) is 2.42. The largest absolute Gasteiger partial charge is 0.455 e. The lowest BCUT2D eigenvalue weighted by Crippen LogP contribution is -1.90. The van der Waals surface area contributed by atoms with E-state index in [4.69, 9.17) is 27.9 Å². The van der Waals surface area contributed by atoms with E-state index in [1.165, 1.54) is 0 Å². The molecule has 3 nitrogen and oxygen atoms in total. The molecule has 3 aromatic rings. The van der Waals surface area contributed by atoms with E-state index < -0.39 is 0 Å². The van der Waals surface area contributed by atoms with Crippen LogP contribution in [0.2, 0.25) is 10.0 Å². The van der Waals surface area contributed by atoms with Gasteiger partial charge < -0.3 is 4.74 Å². The van der Waals surface area contributed by atoms with Crippen LogP contribution in [0.25, 0.3) is 10.9 Å². The first-order valence-electron chi connectivity index (χ1n) is 6.15. The minimum absolute atomic E-state index is 0.341. The fraction of sp³-hybridized carbons (Fsp3) is 0. The van der Waals surface area contributed by atoms with E-state index in [0.717, 1.165) is 5.39 Å². The van der Waals surface area contributed by atoms with E-state index in [2.05, 4.69) is 4.98 Å². The molecule has 104 valence electrons. The first-order valence-corrected chi connectivity index (χ1v) is 6.90. The molecule has 0 saturated heterocycles. The van der Waals surface area contributed by atoms with Crippen molar-refractivity contribution in [2.24, 2.45) is 0 Å². The number of halogens is 2. The number of benzene rings is 2. The Bertz CT molecular complexity index is 834. The fourth-order valence-electron chi connectivity index (χ4n) is 1.99. The molecule has 0 aliphatic heterocycles. The second-order valence-electron chi connectivity index (χ2n) is 4.35. The SMILES string of the molecule is O=Cc1ccc(Oc2ccc(Cl)c3cccnc23)cc1Cl. The summed E-state index contributed by atoms with van der Waals surface area (Å²) in [6.07, 6.45) is 2.37. The number of hydrogen-bond donors (Lipinski definition) is 0.